The predicted molar refractivity (Wildman–Crippen MR) is 66.9 cm³/mol. The standard InChI is InChI=1S/C12H14FNO5S/c13-8-2-1-3-9(6-8)20(18,19)14-5-4-11(15)10(7-14)12(16)17/h1-3,6,10-11,15H,4-5,7H2,(H,16,17). The summed E-state index contributed by atoms with van der Waals surface area (Å²) in [6.07, 6.45) is -1.04. The van der Waals surface area contributed by atoms with E-state index in [9.17, 15) is 22.7 Å². The summed E-state index contributed by atoms with van der Waals surface area (Å²) in [5, 5.41) is 18.5. The Morgan fingerprint density at radius 2 is 2.10 bits per heavy atom. The number of aliphatic hydroxyl groups is 1. The number of piperidine rings is 1. The maximum absolute atomic E-state index is 13.1. The van der Waals surface area contributed by atoms with Gasteiger partial charge >= 0.3 is 5.97 Å². The van der Waals surface area contributed by atoms with Gasteiger partial charge in [0.05, 0.1) is 16.9 Å². The molecule has 0 spiro atoms. The van der Waals surface area contributed by atoms with Gasteiger partial charge in [0.1, 0.15) is 5.82 Å². The van der Waals surface area contributed by atoms with Crippen LogP contribution in [0.3, 0.4) is 0 Å². The zero-order valence-electron chi connectivity index (χ0n) is 10.4. The molecule has 0 radical (unpaired) electrons. The minimum absolute atomic E-state index is 0.00376. The Labute approximate surface area is 115 Å². The number of hydrogen-bond donors (Lipinski definition) is 2. The Hall–Kier alpha value is -1.51. The Kier molecular flexibility index (Phi) is 4.07. The number of aliphatic hydroxyl groups excluding tert-OH is 1. The van der Waals surface area contributed by atoms with Crippen molar-refractivity contribution in [1.82, 2.24) is 4.31 Å². The van der Waals surface area contributed by atoms with Gasteiger partial charge < -0.3 is 10.2 Å². The van der Waals surface area contributed by atoms with E-state index in [1.807, 2.05) is 0 Å². The van der Waals surface area contributed by atoms with E-state index in [4.69, 9.17) is 5.11 Å². The van der Waals surface area contributed by atoms with Gasteiger partial charge in [-0.15, -0.1) is 0 Å². The fourth-order valence-corrected chi connectivity index (χ4v) is 3.66. The van der Waals surface area contributed by atoms with E-state index >= 15 is 0 Å². The third kappa shape index (κ3) is 2.82. The molecule has 0 amide bonds. The molecule has 20 heavy (non-hydrogen) atoms. The van der Waals surface area contributed by atoms with Crippen molar-refractivity contribution in [3.8, 4) is 0 Å². The molecular formula is C12H14FNO5S. The van der Waals surface area contributed by atoms with Crippen LogP contribution in [0.25, 0.3) is 0 Å². The van der Waals surface area contributed by atoms with Crippen molar-refractivity contribution in [2.45, 2.75) is 17.4 Å². The Morgan fingerprint density at radius 3 is 2.70 bits per heavy atom. The molecule has 6 nitrogen and oxygen atoms in total. The molecule has 1 saturated heterocycles. The van der Waals surface area contributed by atoms with Crippen LogP contribution in [0.15, 0.2) is 29.2 Å². The maximum atomic E-state index is 13.1. The lowest BCUT2D eigenvalue weighted by molar-refractivity contribution is -0.147. The number of rotatable bonds is 3. The van der Waals surface area contributed by atoms with E-state index in [1.165, 1.54) is 12.1 Å². The molecule has 2 unspecified atom stereocenters. The van der Waals surface area contributed by atoms with E-state index in [-0.39, 0.29) is 24.4 Å². The smallest absolute Gasteiger partial charge is 0.310 e. The third-order valence-corrected chi connectivity index (χ3v) is 5.15. The minimum atomic E-state index is -3.96. The molecule has 0 bridgehead atoms. The molecule has 1 fully saturated rings. The van der Waals surface area contributed by atoms with Crippen LogP contribution >= 0.6 is 0 Å². The van der Waals surface area contributed by atoms with Crippen LogP contribution in [-0.4, -0.2) is 48.1 Å². The van der Waals surface area contributed by atoms with Crippen molar-refractivity contribution in [3.05, 3.63) is 30.1 Å². The van der Waals surface area contributed by atoms with Crippen molar-refractivity contribution >= 4 is 16.0 Å². The lowest BCUT2D eigenvalue weighted by Crippen LogP contribution is -2.48. The van der Waals surface area contributed by atoms with Gasteiger partial charge in [0.15, 0.2) is 0 Å². The van der Waals surface area contributed by atoms with E-state index < -0.39 is 33.8 Å². The zero-order chi connectivity index (χ0) is 14.9. The molecule has 1 aromatic carbocycles. The Bertz CT molecular complexity index is 618. The zero-order valence-corrected chi connectivity index (χ0v) is 11.3. The van der Waals surface area contributed by atoms with E-state index in [0.717, 1.165) is 16.4 Å². The predicted octanol–water partition coefficient (Wildman–Crippen LogP) is 0.282. The summed E-state index contributed by atoms with van der Waals surface area (Å²) in [6, 6.07) is 4.53. The van der Waals surface area contributed by atoms with Crippen LogP contribution in [0.1, 0.15) is 6.42 Å². The molecule has 2 atom stereocenters. The number of aliphatic carboxylic acids is 1. The average molecular weight is 303 g/mol. The first-order valence-corrected chi connectivity index (χ1v) is 7.43. The Balaban J connectivity index is 2.29. The van der Waals surface area contributed by atoms with Gasteiger partial charge in [0.2, 0.25) is 10.0 Å². The highest BCUT2D eigenvalue weighted by atomic mass is 32.2. The monoisotopic (exact) mass is 303 g/mol. The van der Waals surface area contributed by atoms with Gasteiger partial charge in [-0.2, -0.15) is 4.31 Å². The van der Waals surface area contributed by atoms with Crippen molar-refractivity contribution in [2.75, 3.05) is 13.1 Å². The van der Waals surface area contributed by atoms with Crippen LogP contribution < -0.4 is 0 Å². The largest absolute Gasteiger partial charge is 0.481 e. The topological polar surface area (TPSA) is 94.9 Å². The lowest BCUT2D eigenvalue weighted by Gasteiger charge is -2.33. The summed E-state index contributed by atoms with van der Waals surface area (Å²) in [4.78, 5) is 10.8. The first kappa shape index (κ1) is 14.9. The average Bonchev–Trinajstić information content (AvgIpc) is 2.38. The second-order valence-corrected chi connectivity index (χ2v) is 6.56. The second-order valence-electron chi connectivity index (χ2n) is 4.62. The molecule has 1 heterocycles. The Morgan fingerprint density at radius 1 is 1.40 bits per heavy atom. The van der Waals surface area contributed by atoms with Crippen LogP contribution in [0.5, 0.6) is 0 Å². The van der Waals surface area contributed by atoms with E-state index in [0.29, 0.717) is 0 Å². The third-order valence-electron chi connectivity index (χ3n) is 3.29. The van der Waals surface area contributed by atoms with E-state index in [1.54, 1.807) is 0 Å². The first-order chi connectivity index (χ1) is 9.32. The summed E-state index contributed by atoms with van der Waals surface area (Å²) in [5.41, 5.74) is 0. The highest BCUT2D eigenvalue weighted by molar-refractivity contribution is 7.89. The molecule has 1 aliphatic rings. The van der Waals surface area contributed by atoms with Crippen molar-refractivity contribution in [3.63, 3.8) is 0 Å². The maximum Gasteiger partial charge on any atom is 0.310 e. The van der Waals surface area contributed by atoms with E-state index in [2.05, 4.69) is 0 Å². The second kappa shape index (κ2) is 5.47. The lowest BCUT2D eigenvalue weighted by atomic mass is 9.96. The SMILES string of the molecule is O=C(O)C1CN(S(=O)(=O)c2cccc(F)c2)CCC1O. The van der Waals surface area contributed by atoms with Gasteiger partial charge in [-0.3, -0.25) is 4.79 Å². The summed E-state index contributed by atoms with van der Waals surface area (Å²) in [5.74, 6) is -3.11. The van der Waals surface area contributed by atoms with Crippen LogP contribution in [0.2, 0.25) is 0 Å². The van der Waals surface area contributed by atoms with Crippen LogP contribution in [0.4, 0.5) is 4.39 Å². The number of carbonyl (C=O) groups is 1. The fourth-order valence-electron chi connectivity index (χ4n) is 2.15. The number of nitrogens with zero attached hydrogens (tertiary/aromatic N) is 1. The molecule has 2 rings (SSSR count). The number of benzene rings is 1. The highest BCUT2D eigenvalue weighted by Crippen LogP contribution is 2.24. The van der Waals surface area contributed by atoms with Gasteiger partial charge in [-0.1, -0.05) is 6.07 Å². The molecule has 0 aliphatic carbocycles. The fraction of sp³-hybridized carbons (Fsp3) is 0.417. The number of carboxylic acids is 1. The first-order valence-electron chi connectivity index (χ1n) is 5.99. The normalized spacial score (nSPS) is 24.5. The number of carboxylic acid groups (broad SMARTS) is 1. The highest BCUT2D eigenvalue weighted by Gasteiger charge is 2.38. The van der Waals surface area contributed by atoms with Gasteiger partial charge in [0.25, 0.3) is 0 Å². The quantitative estimate of drug-likeness (QED) is 0.836. The number of sulfonamides is 1. The molecule has 110 valence electrons. The summed E-state index contributed by atoms with van der Waals surface area (Å²) in [7, 11) is -3.96. The van der Waals surface area contributed by atoms with Crippen molar-refractivity contribution < 1.29 is 27.8 Å². The van der Waals surface area contributed by atoms with Crippen LogP contribution in [-0.2, 0) is 14.8 Å². The van der Waals surface area contributed by atoms with Gasteiger partial charge in [-0.05, 0) is 24.6 Å². The molecular weight excluding hydrogens is 289 g/mol. The molecule has 1 aromatic rings. The molecule has 1 aliphatic heterocycles. The summed E-state index contributed by atoms with van der Waals surface area (Å²) < 4.78 is 38.7. The molecule has 0 saturated carbocycles. The minimum Gasteiger partial charge on any atom is -0.481 e. The summed E-state index contributed by atoms with van der Waals surface area (Å²) >= 11 is 0. The van der Waals surface area contributed by atoms with Gasteiger partial charge in [0, 0.05) is 13.1 Å². The van der Waals surface area contributed by atoms with Crippen LogP contribution in [0, 0.1) is 11.7 Å². The molecule has 0 aromatic heterocycles. The number of halogens is 1. The van der Waals surface area contributed by atoms with Crippen molar-refractivity contribution in [2.24, 2.45) is 5.92 Å². The van der Waals surface area contributed by atoms with Crippen molar-refractivity contribution in [1.29, 1.82) is 0 Å². The summed E-state index contributed by atoms with van der Waals surface area (Å²) in [6.45, 7) is -0.320. The number of hydrogen-bond acceptors (Lipinski definition) is 4. The van der Waals surface area contributed by atoms with Gasteiger partial charge in [-0.25, -0.2) is 12.8 Å². The molecule has 2 N–H and O–H groups in total. The molecule has 8 heteroatoms.